The van der Waals surface area contributed by atoms with Crippen LogP contribution in [0.5, 0.6) is 0 Å². The molecule has 12 heavy (non-hydrogen) atoms. The zero-order valence-corrected chi connectivity index (χ0v) is 8.03. The Bertz CT molecular complexity index is 135. The number of rotatable bonds is 3. The fraction of sp³-hybridized carbons (Fsp3) is 0.875. The van der Waals surface area contributed by atoms with Crippen molar-refractivity contribution in [3.05, 3.63) is 0 Å². The average molecular weight is 193 g/mol. The lowest BCUT2D eigenvalue weighted by molar-refractivity contribution is 0.0523. The van der Waals surface area contributed by atoms with Crippen LogP contribution < -0.4 is 5.73 Å². The van der Waals surface area contributed by atoms with Crippen molar-refractivity contribution in [2.24, 2.45) is 5.73 Å². The van der Waals surface area contributed by atoms with E-state index in [9.17, 15) is 0 Å². The third-order valence-corrected chi connectivity index (χ3v) is 2.03. The molecule has 1 saturated carbocycles. The molecule has 0 aromatic heterocycles. The Hall–Kier alpha value is -0.280. The van der Waals surface area contributed by atoms with Gasteiger partial charge in [-0.05, 0) is 12.8 Å². The minimum absolute atomic E-state index is 0. The van der Waals surface area contributed by atoms with Crippen molar-refractivity contribution in [3.63, 3.8) is 0 Å². The molecular formula is C8H17ClN2O. The van der Waals surface area contributed by atoms with Crippen molar-refractivity contribution in [1.29, 1.82) is 5.41 Å². The Kier molecular flexibility index (Phi) is 6.11. The van der Waals surface area contributed by atoms with Gasteiger partial charge in [-0.1, -0.05) is 19.3 Å². The number of nitrogens with one attached hydrogen (secondary N) is 1. The molecule has 1 aliphatic rings. The van der Waals surface area contributed by atoms with Gasteiger partial charge in [-0.25, -0.2) is 0 Å². The molecule has 0 amide bonds. The maximum atomic E-state index is 6.97. The van der Waals surface area contributed by atoms with Crippen LogP contribution in [0.15, 0.2) is 0 Å². The summed E-state index contributed by atoms with van der Waals surface area (Å²) in [4.78, 5) is 0. The molecule has 3 N–H and O–H groups in total. The standard InChI is InChI=1S/C8H16N2O.ClH/c9-8(10)6-11-7-4-2-1-3-5-7;/h7H,1-6H2,(H3,9,10);1H. The Morgan fingerprint density at radius 1 is 1.33 bits per heavy atom. The van der Waals surface area contributed by atoms with E-state index in [0.717, 1.165) is 12.8 Å². The van der Waals surface area contributed by atoms with E-state index in [1.807, 2.05) is 0 Å². The number of hydrogen-bond acceptors (Lipinski definition) is 2. The van der Waals surface area contributed by atoms with Crippen LogP contribution in [-0.4, -0.2) is 18.5 Å². The second kappa shape index (κ2) is 6.26. The summed E-state index contributed by atoms with van der Waals surface area (Å²) in [5.74, 6) is 0.135. The summed E-state index contributed by atoms with van der Waals surface area (Å²) in [5, 5.41) is 6.97. The van der Waals surface area contributed by atoms with Gasteiger partial charge in [0.2, 0.25) is 0 Å². The van der Waals surface area contributed by atoms with E-state index in [4.69, 9.17) is 15.9 Å². The number of amidine groups is 1. The van der Waals surface area contributed by atoms with Crippen molar-refractivity contribution in [2.75, 3.05) is 6.61 Å². The van der Waals surface area contributed by atoms with E-state index in [2.05, 4.69) is 0 Å². The first-order valence-electron chi connectivity index (χ1n) is 4.23. The SMILES string of the molecule is Cl.N=C(N)COC1CCCCC1. The minimum Gasteiger partial charge on any atom is -0.386 e. The molecule has 4 heteroatoms. The molecular weight excluding hydrogens is 176 g/mol. The van der Waals surface area contributed by atoms with Crippen LogP contribution in [0.25, 0.3) is 0 Å². The first-order valence-corrected chi connectivity index (χ1v) is 4.23. The molecule has 0 aromatic rings. The Labute approximate surface area is 79.6 Å². The Morgan fingerprint density at radius 3 is 2.42 bits per heavy atom. The lowest BCUT2D eigenvalue weighted by Crippen LogP contribution is -2.24. The molecule has 0 heterocycles. The van der Waals surface area contributed by atoms with Crippen LogP contribution in [0.3, 0.4) is 0 Å². The maximum Gasteiger partial charge on any atom is 0.117 e. The third-order valence-electron chi connectivity index (χ3n) is 2.03. The van der Waals surface area contributed by atoms with Gasteiger partial charge in [-0.2, -0.15) is 0 Å². The molecule has 0 bridgehead atoms. The van der Waals surface area contributed by atoms with Crippen LogP contribution in [0.4, 0.5) is 0 Å². The van der Waals surface area contributed by atoms with Gasteiger partial charge in [0.05, 0.1) is 6.10 Å². The van der Waals surface area contributed by atoms with E-state index in [-0.39, 0.29) is 18.2 Å². The van der Waals surface area contributed by atoms with Gasteiger partial charge in [0, 0.05) is 0 Å². The molecule has 0 radical (unpaired) electrons. The summed E-state index contributed by atoms with van der Waals surface area (Å²) in [6.45, 7) is 0.310. The van der Waals surface area contributed by atoms with Crippen LogP contribution >= 0.6 is 12.4 Å². The van der Waals surface area contributed by atoms with E-state index >= 15 is 0 Å². The van der Waals surface area contributed by atoms with Crippen LogP contribution in [0, 0.1) is 5.41 Å². The molecule has 0 atom stereocenters. The Balaban J connectivity index is 0.00000121. The van der Waals surface area contributed by atoms with Crippen molar-refractivity contribution in [1.82, 2.24) is 0 Å². The van der Waals surface area contributed by atoms with Crippen molar-refractivity contribution in [3.8, 4) is 0 Å². The fourth-order valence-electron chi connectivity index (χ4n) is 1.44. The van der Waals surface area contributed by atoms with Gasteiger partial charge < -0.3 is 10.5 Å². The highest BCUT2D eigenvalue weighted by molar-refractivity contribution is 5.85. The second-order valence-corrected chi connectivity index (χ2v) is 3.10. The van der Waals surface area contributed by atoms with E-state index in [0.29, 0.717) is 12.7 Å². The predicted octanol–water partition coefficient (Wildman–Crippen LogP) is 1.69. The average Bonchev–Trinajstić information content (AvgIpc) is 2.03. The summed E-state index contributed by atoms with van der Waals surface area (Å²) >= 11 is 0. The highest BCUT2D eigenvalue weighted by atomic mass is 35.5. The third kappa shape index (κ3) is 4.57. The molecule has 72 valence electrons. The van der Waals surface area contributed by atoms with Gasteiger partial charge >= 0.3 is 0 Å². The maximum absolute atomic E-state index is 6.97. The lowest BCUT2D eigenvalue weighted by Gasteiger charge is -2.21. The molecule has 0 saturated heterocycles. The molecule has 1 rings (SSSR count). The zero-order valence-electron chi connectivity index (χ0n) is 7.21. The molecule has 0 spiro atoms. The van der Waals surface area contributed by atoms with Crippen LogP contribution in [-0.2, 0) is 4.74 Å². The smallest absolute Gasteiger partial charge is 0.117 e. The van der Waals surface area contributed by atoms with Gasteiger partial charge in [-0.15, -0.1) is 12.4 Å². The summed E-state index contributed by atoms with van der Waals surface area (Å²) < 4.78 is 5.39. The number of nitrogens with two attached hydrogens (primary N) is 1. The summed E-state index contributed by atoms with van der Waals surface area (Å²) in [5.41, 5.74) is 5.17. The highest BCUT2D eigenvalue weighted by Gasteiger charge is 2.13. The van der Waals surface area contributed by atoms with Gasteiger partial charge in [0.25, 0.3) is 0 Å². The largest absolute Gasteiger partial charge is 0.386 e. The topological polar surface area (TPSA) is 59.1 Å². The summed E-state index contributed by atoms with van der Waals surface area (Å²) in [6, 6.07) is 0. The molecule has 0 unspecified atom stereocenters. The molecule has 1 aliphatic carbocycles. The zero-order chi connectivity index (χ0) is 8.10. The number of ether oxygens (including phenoxy) is 1. The lowest BCUT2D eigenvalue weighted by atomic mass is 9.98. The quantitative estimate of drug-likeness (QED) is 0.528. The monoisotopic (exact) mass is 192 g/mol. The number of hydrogen-bond donors (Lipinski definition) is 2. The molecule has 1 fully saturated rings. The van der Waals surface area contributed by atoms with E-state index in [1.165, 1.54) is 19.3 Å². The van der Waals surface area contributed by atoms with Crippen LogP contribution in [0.2, 0.25) is 0 Å². The minimum atomic E-state index is 0. The summed E-state index contributed by atoms with van der Waals surface area (Å²) in [6.07, 6.45) is 6.53. The predicted molar refractivity (Wildman–Crippen MR) is 52.0 cm³/mol. The molecule has 0 aliphatic heterocycles. The Morgan fingerprint density at radius 2 is 1.92 bits per heavy atom. The second-order valence-electron chi connectivity index (χ2n) is 3.10. The van der Waals surface area contributed by atoms with Gasteiger partial charge in [-0.3, -0.25) is 5.41 Å². The normalized spacial score (nSPS) is 18.3. The van der Waals surface area contributed by atoms with Crippen LogP contribution in [0.1, 0.15) is 32.1 Å². The van der Waals surface area contributed by atoms with Crippen molar-refractivity contribution >= 4 is 18.2 Å². The fourth-order valence-corrected chi connectivity index (χ4v) is 1.44. The first kappa shape index (κ1) is 11.7. The van der Waals surface area contributed by atoms with Crippen molar-refractivity contribution in [2.45, 2.75) is 38.2 Å². The number of halogens is 1. The van der Waals surface area contributed by atoms with Gasteiger partial charge in [0.1, 0.15) is 12.4 Å². The first-order chi connectivity index (χ1) is 5.29. The summed E-state index contributed by atoms with van der Waals surface area (Å²) in [7, 11) is 0. The van der Waals surface area contributed by atoms with Crippen molar-refractivity contribution < 1.29 is 4.74 Å². The van der Waals surface area contributed by atoms with Gasteiger partial charge in [0.15, 0.2) is 0 Å². The molecule has 0 aromatic carbocycles. The van der Waals surface area contributed by atoms with E-state index < -0.39 is 0 Å². The molecule has 3 nitrogen and oxygen atoms in total. The highest BCUT2D eigenvalue weighted by Crippen LogP contribution is 2.19. The van der Waals surface area contributed by atoms with E-state index in [1.54, 1.807) is 0 Å².